The number of ether oxygens (including phenoxy) is 1. The molecule has 6 nitrogen and oxygen atoms in total. The maximum absolute atomic E-state index is 12.1. The van der Waals surface area contributed by atoms with Crippen molar-refractivity contribution in [3.8, 4) is 0 Å². The molecule has 1 heterocycles. The maximum Gasteiger partial charge on any atom is 0.410 e. The van der Waals surface area contributed by atoms with Crippen LogP contribution in [0.3, 0.4) is 0 Å². The van der Waals surface area contributed by atoms with Gasteiger partial charge in [-0.15, -0.1) is 0 Å². The predicted octanol–water partition coefficient (Wildman–Crippen LogP) is 1.65. The van der Waals surface area contributed by atoms with Crippen LogP contribution in [0.1, 0.15) is 34.1 Å². The van der Waals surface area contributed by atoms with Gasteiger partial charge >= 0.3 is 12.1 Å². The molecule has 20 heavy (non-hydrogen) atoms. The minimum atomic E-state index is -0.854. The molecule has 1 aliphatic rings. The Bertz CT molecular complexity index is 365. The molecule has 116 valence electrons. The number of piperidine rings is 1. The van der Waals surface area contributed by atoms with Crippen LogP contribution in [0.2, 0.25) is 0 Å². The molecule has 1 aliphatic heterocycles. The number of hydrogen-bond donors (Lipinski definition) is 1. The summed E-state index contributed by atoms with van der Waals surface area (Å²) < 4.78 is 5.34. The van der Waals surface area contributed by atoms with E-state index in [0.29, 0.717) is 13.0 Å². The van der Waals surface area contributed by atoms with Crippen LogP contribution in [0.15, 0.2) is 0 Å². The third-order valence-corrected chi connectivity index (χ3v) is 3.55. The van der Waals surface area contributed by atoms with Gasteiger partial charge in [-0.2, -0.15) is 0 Å². The number of rotatable bonds is 3. The van der Waals surface area contributed by atoms with Crippen LogP contribution in [0.4, 0.5) is 4.79 Å². The van der Waals surface area contributed by atoms with Crippen LogP contribution in [-0.4, -0.2) is 65.3 Å². The summed E-state index contributed by atoms with van der Waals surface area (Å²) in [6.45, 7) is 8.99. The quantitative estimate of drug-likeness (QED) is 0.854. The van der Waals surface area contributed by atoms with Gasteiger partial charge in [0.1, 0.15) is 5.60 Å². The Labute approximate surface area is 120 Å². The second-order valence-electron chi connectivity index (χ2n) is 6.38. The molecule has 6 heteroatoms. The fourth-order valence-corrected chi connectivity index (χ4v) is 2.30. The van der Waals surface area contributed by atoms with E-state index in [0.717, 1.165) is 6.54 Å². The largest absolute Gasteiger partial charge is 0.481 e. The molecule has 1 fully saturated rings. The second kappa shape index (κ2) is 6.43. The van der Waals surface area contributed by atoms with E-state index in [9.17, 15) is 14.7 Å². The van der Waals surface area contributed by atoms with E-state index in [1.165, 1.54) is 4.90 Å². The van der Waals surface area contributed by atoms with Gasteiger partial charge in [-0.05, 0) is 40.8 Å². The van der Waals surface area contributed by atoms with Crippen LogP contribution >= 0.6 is 0 Å². The Morgan fingerprint density at radius 1 is 1.35 bits per heavy atom. The number of carbonyl (C=O) groups excluding carboxylic acids is 1. The van der Waals surface area contributed by atoms with Gasteiger partial charge in [-0.1, -0.05) is 6.92 Å². The minimum absolute atomic E-state index is 0.0577. The number of amides is 1. The van der Waals surface area contributed by atoms with E-state index in [2.05, 4.69) is 4.90 Å². The topological polar surface area (TPSA) is 70.1 Å². The van der Waals surface area contributed by atoms with Gasteiger partial charge in [-0.3, -0.25) is 4.79 Å². The summed E-state index contributed by atoms with van der Waals surface area (Å²) >= 11 is 0. The fourth-order valence-electron chi connectivity index (χ4n) is 2.30. The normalized spacial score (nSPS) is 23.8. The molecule has 1 rings (SSSR count). The Kier molecular flexibility index (Phi) is 5.39. The maximum atomic E-state index is 12.1. The molecule has 0 bridgehead atoms. The van der Waals surface area contributed by atoms with E-state index in [-0.39, 0.29) is 12.6 Å². The Morgan fingerprint density at radius 2 is 1.95 bits per heavy atom. The summed E-state index contributed by atoms with van der Waals surface area (Å²) in [5.74, 6) is -1.39. The molecule has 0 aromatic rings. The summed E-state index contributed by atoms with van der Waals surface area (Å²) in [6.07, 6.45) is 0.136. The molecular formula is C14H26N2O4. The van der Waals surface area contributed by atoms with Crippen molar-refractivity contribution >= 4 is 12.1 Å². The van der Waals surface area contributed by atoms with E-state index in [1.54, 1.807) is 20.8 Å². The van der Waals surface area contributed by atoms with Crippen molar-refractivity contribution in [3.05, 3.63) is 0 Å². The number of carbonyl (C=O) groups is 2. The average Bonchev–Trinajstić information content (AvgIpc) is 2.35. The molecule has 0 spiro atoms. The number of likely N-dealkylation sites (N-methyl/N-ethyl adjacent to an activating group) is 1. The van der Waals surface area contributed by atoms with E-state index >= 15 is 0 Å². The van der Waals surface area contributed by atoms with Crippen molar-refractivity contribution in [1.82, 2.24) is 9.80 Å². The van der Waals surface area contributed by atoms with Crippen molar-refractivity contribution in [1.29, 1.82) is 0 Å². The van der Waals surface area contributed by atoms with Gasteiger partial charge in [0.05, 0.1) is 5.92 Å². The lowest BCUT2D eigenvalue weighted by Crippen LogP contribution is -2.54. The van der Waals surface area contributed by atoms with Crippen molar-refractivity contribution in [2.75, 3.05) is 26.7 Å². The summed E-state index contributed by atoms with van der Waals surface area (Å²) in [4.78, 5) is 27.0. The highest BCUT2D eigenvalue weighted by Crippen LogP contribution is 2.22. The molecule has 0 aromatic carbocycles. The molecule has 1 N–H and O–H groups in total. The minimum Gasteiger partial charge on any atom is -0.481 e. The van der Waals surface area contributed by atoms with Gasteiger partial charge < -0.3 is 19.6 Å². The average molecular weight is 286 g/mol. The molecule has 1 amide bonds. The van der Waals surface area contributed by atoms with Crippen molar-refractivity contribution in [2.24, 2.45) is 5.92 Å². The highest BCUT2D eigenvalue weighted by Gasteiger charge is 2.36. The second-order valence-corrected chi connectivity index (χ2v) is 6.38. The first-order valence-corrected chi connectivity index (χ1v) is 7.05. The highest BCUT2D eigenvalue weighted by molar-refractivity contribution is 5.73. The smallest absolute Gasteiger partial charge is 0.410 e. The number of likely N-dealkylation sites (tertiary alicyclic amines) is 1. The first-order chi connectivity index (χ1) is 9.14. The predicted molar refractivity (Wildman–Crippen MR) is 75.6 cm³/mol. The van der Waals surface area contributed by atoms with E-state index in [4.69, 9.17) is 4.74 Å². The Balaban J connectivity index is 2.79. The van der Waals surface area contributed by atoms with Gasteiger partial charge in [0.25, 0.3) is 0 Å². The van der Waals surface area contributed by atoms with Crippen molar-refractivity contribution in [2.45, 2.75) is 45.8 Å². The number of carboxylic acid groups (broad SMARTS) is 1. The highest BCUT2D eigenvalue weighted by atomic mass is 16.6. The summed E-state index contributed by atoms with van der Waals surface area (Å²) in [5, 5.41) is 9.25. The monoisotopic (exact) mass is 286 g/mol. The molecule has 0 aliphatic carbocycles. The SMILES string of the molecule is CCN(C)C1CC(C(=O)O)CN(C(=O)OC(C)(C)C)C1. The summed E-state index contributed by atoms with van der Waals surface area (Å²) in [7, 11) is 1.95. The molecule has 0 aromatic heterocycles. The molecular weight excluding hydrogens is 260 g/mol. The van der Waals surface area contributed by atoms with Crippen molar-refractivity contribution in [3.63, 3.8) is 0 Å². The van der Waals surface area contributed by atoms with Gasteiger partial charge in [0.15, 0.2) is 0 Å². The lowest BCUT2D eigenvalue weighted by atomic mass is 9.93. The number of hydrogen-bond acceptors (Lipinski definition) is 4. The molecule has 2 unspecified atom stereocenters. The Hall–Kier alpha value is -1.30. The molecule has 2 atom stereocenters. The van der Waals surface area contributed by atoms with Gasteiger partial charge in [0.2, 0.25) is 0 Å². The lowest BCUT2D eigenvalue weighted by Gasteiger charge is -2.40. The Morgan fingerprint density at radius 3 is 2.40 bits per heavy atom. The van der Waals surface area contributed by atoms with Crippen LogP contribution in [0.25, 0.3) is 0 Å². The standard InChI is InChI=1S/C14H26N2O4/c1-6-15(5)11-7-10(12(17)18)8-16(9-11)13(19)20-14(2,3)4/h10-11H,6-9H2,1-5H3,(H,17,18). The molecule has 1 saturated heterocycles. The lowest BCUT2D eigenvalue weighted by molar-refractivity contribution is -0.144. The number of carboxylic acids is 1. The molecule has 0 radical (unpaired) electrons. The first-order valence-electron chi connectivity index (χ1n) is 7.05. The van der Waals surface area contributed by atoms with Crippen LogP contribution < -0.4 is 0 Å². The van der Waals surface area contributed by atoms with E-state index < -0.39 is 23.6 Å². The number of aliphatic carboxylic acids is 1. The third-order valence-electron chi connectivity index (χ3n) is 3.55. The summed E-state index contributed by atoms with van der Waals surface area (Å²) in [6, 6.07) is 0.0577. The van der Waals surface area contributed by atoms with Crippen LogP contribution in [0, 0.1) is 5.92 Å². The zero-order valence-electron chi connectivity index (χ0n) is 13.0. The zero-order chi connectivity index (χ0) is 15.5. The fraction of sp³-hybridized carbons (Fsp3) is 0.857. The van der Waals surface area contributed by atoms with Crippen LogP contribution in [-0.2, 0) is 9.53 Å². The van der Waals surface area contributed by atoms with Crippen molar-refractivity contribution < 1.29 is 19.4 Å². The van der Waals surface area contributed by atoms with Gasteiger partial charge in [0, 0.05) is 19.1 Å². The van der Waals surface area contributed by atoms with Gasteiger partial charge in [-0.25, -0.2) is 4.79 Å². The molecule has 0 saturated carbocycles. The summed E-state index contributed by atoms with van der Waals surface area (Å²) in [5.41, 5.74) is -0.570. The van der Waals surface area contributed by atoms with Crippen LogP contribution in [0.5, 0.6) is 0 Å². The third kappa shape index (κ3) is 4.67. The zero-order valence-corrected chi connectivity index (χ0v) is 13.0. The van der Waals surface area contributed by atoms with E-state index in [1.807, 2.05) is 14.0 Å². The number of nitrogens with zero attached hydrogens (tertiary/aromatic N) is 2. The first kappa shape index (κ1) is 16.8.